The number of nitrogens with one attached hydrogen (secondary N) is 1. The Morgan fingerprint density at radius 1 is 1.13 bits per heavy atom. The summed E-state index contributed by atoms with van der Waals surface area (Å²) < 4.78 is 5.16. The fourth-order valence-corrected chi connectivity index (χ4v) is 4.00. The number of hydrogen-bond acceptors (Lipinski definition) is 5. The van der Waals surface area contributed by atoms with E-state index < -0.39 is 0 Å². The van der Waals surface area contributed by atoms with Gasteiger partial charge >= 0.3 is 0 Å². The summed E-state index contributed by atoms with van der Waals surface area (Å²) in [5, 5.41) is 3.43. The first-order valence-corrected chi connectivity index (χ1v) is 10.7. The van der Waals surface area contributed by atoms with E-state index in [1.807, 2.05) is 12.4 Å². The maximum Gasteiger partial charge on any atom is 0.229 e. The molecular formula is C24H25ClN4O2. The molecule has 0 radical (unpaired) electrons. The summed E-state index contributed by atoms with van der Waals surface area (Å²) in [5.41, 5.74) is 3.94. The Balaban J connectivity index is 1.41. The molecule has 1 aromatic heterocycles. The van der Waals surface area contributed by atoms with Crippen LogP contribution in [0.5, 0.6) is 5.75 Å². The van der Waals surface area contributed by atoms with E-state index in [0.29, 0.717) is 29.0 Å². The number of hydrogen-bond donors (Lipinski definition) is 1. The lowest BCUT2D eigenvalue weighted by molar-refractivity contribution is -0.120. The molecule has 1 atom stereocenters. The summed E-state index contributed by atoms with van der Waals surface area (Å²) in [6, 6.07) is 13.5. The summed E-state index contributed by atoms with van der Waals surface area (Å²) in [6.07, 6.45) is 5.42. The van der Waals surface area contributed by atoms with Crippen LogP contribution in [0.1, 0.15) is 18.4 Å². The van der Waals surface area contributed by atoms with Crippen LogP contribution in [0, 0.1) is 12.8 Å². The first-order chi connectivity index (χ1) is 15.0. The molecule has 6 nitrogen and oxygen atoms in total. The number of piperidine rings is 1. The summed E-state index contributed by atoms with van der Waals surface area (Å²) in [4.78, 5) is 24.0. The van der Waals surface area contributed by atoms with E-state index in [4.69, 9.17) is 16.3 Å². The van der Waals surface area contributed by atoms with Gasteiger partial charge in [-0.3, -0.25) is 4.79 Å². The first kappa shape index (κ1) is 21.1. The molecule has 0 spiro atoms. The number of amides is 1. The van der Waals surface area contributed by atoms with E-state index in [1.165, 1.54) is 5.56 Å². The number of anilines is 2. The molecule has 7 heteroatoms. The van der Waals surface area contributed by atoms with Crippen LogP contribution in [0.25, 0.3) is 11.1 Å². The lowest BCUT2D eigenvalue weighted by Crippen LogP contribution is -2.41. The van der Waals surface area contributed by atoms with Crippen molar-refractivity contribution < 1.29 is 9.53 Å². The van der Waals surface area contributed by atoms with E-state index in [9.17, 15) is 4.79 Å². The van der Waals surface area contributed by atoms with Crippen molar-refractivity contribution in [2.75, 3.05) is 30.4 Å². The molecule has 1 unspecified atom stereocenters. The molecule has 1 saturated heterocycles. The third-order valence-corrected chi connectivity index (χ3v) is 5.81. The van der Waals surface area contributed by atoms with Gasteiger partial charge in [-0.2, -0.15) is 0 Å². The Bertz CT molecular complexity index is 1050. The Morgan fingerprint density at radius 2 is 1.87 bits per heavy atom. The molecule has 1 aliphatic heterocycles. The minimum absolute atomic E-state index is 0.0257. The van der Waals surface area contributed by atoms with Gasteiger partial charge in [0.1, 0.15) is 5.75 Å². The minimum Gasteiger partial charge on any atom is -0.495 e. The highest BCUT2D eigenvalue weighted by atomic mass is 35.5. The number of methoxy groups -OCH3 is 1. The van der Waals surface area contributed by atoms with Gasteiger partial charge in [0.05, 0.1) is 18.1 Å². The van der Waals surface area contributed by atoms with Crippen molar-refractivity contribution in [1.82, 2.24) is 9.97 Å². The second-order valence-corrected chi connectivity index (χ2v) is 8.17. The van der Waals surface area contributed by atoms with Gasteiger partial charge in [-0.1, -0.05) is 41.4 Å². The number of nitrogens with zero attached hydrogens (tertiary/aromatic N) is 3. The van der Waals surface area contributed by atoms with E-state index in [2.05, 4.69) is 51.4 Å². The molecule has 3 aromatic rings. The highest BCUT2D eigenvalue weighted by Gasteiger charge is 2.27. The van der Waals surface area contributed by atoms with Crippen molar-refractivity contribution in [1.29, 1.82) is 0 Å². The average molecular weight is 437 g/mol. The fourth-order valence-electron chi connectivity index (χ4n) is 3.74. The summed E-state index contributed by atoms with van der Waals surface area (Å²) >= 11 is 6.17. The summed E-state index contributed by atoms with van der Waals surface area (Å²) in [5.74, 6) is 1.06. The number of aromatic nitrogens is 2. The van der Waals surface area contributed by atoms with Crippen molar-refractivity contribution in [2.45, 2.75) is 19.8 Å². The molecule has 1 amide bonds. The molecule has 31 heavy (non-hydrogen) atoms. The van der Waals surface area contributed by atoms with Gasteiger partial charge < -0.3 is 15.0 Å². The number of rotatable bonds is 5. The van der Waals surface area contributed by atoms with Crippen LogP contribution in [0.4, 0.5) is 11.6 Å². The molecule has 1 N–H and O–H groups in total. The third kappa shape index (κ3) is 4.97. The normalized spacial score (nSPS) is 16.1. The molecule has 0 aliphatic carbocycles. The third-order valence-electron chi connectivity index (χ3n) is 5.52. The van der Waals surface area contributed by atoms with Crippen LogP contribution < -0.4 is 15.0 Å². The topological polar surface area (TPSA) is 67.3 Å². The summed E-state index contributed by atoms with van der Waals surface area (Å²) in [7, 11) is 1.56. The van der Waals surface area contributed by atoms with Gasteiger partial charge in [-0.15, -0.1) is 0 Å². The van der Waals surface area contributed by atoms with Crippen LogP contribution in [0.3, 0.4) is 0 Å². The number of carbonyl (C=O) groups is 1. The number of ether oxygens (including phenoxy) is 1. The van der Waals surface area contributed by atoms with Crippen molar-refractivity contribution in [3.05, 3.63) is 65.4 Å². The van der Waals surface area contributed by atoms with Crippen LogP contribution in [0.2, 0.25) is 5.02 Å². The van der Waals surface area contributed by atoms with Gasteiger partial charge in [-0.25, -0.2) is 9.97 Å². The highest BCUT2D eigenvalue weighted by molar-refractivity contribution is 6.32. The second-order valence-electron chi connectivity index (χ2n) is 7.76. The second kappa shape index (κ2) is 9.35. The molecule has 0 saturated carbocycles. The quantitative estimate of drug-likeness (QED) is 0.611. The highest BCUT2D eigenvalue weighted by Crippen LogP contribution is 2.28. The Kier molecular flexibility index (Phi) is 6.37. The molecule has 2 aromatic carbocycles. The van der Waals surface area contributed by atoms with Crippen LogP contribution in [-0.4, -0.2) is 36.1 Å². The zero-order valence-corrected chi connectivity index (χ0v) is 18.4. The van der Waals surface area contributed by atoms with Gasteiger partial charge in [0.25, 0.3) is 0 Å². The van der Waals surface area contributed by atoms with E-state index in [-0.39, 0.29) is 11.8 Å². The zero-order chi connectivity index (χ0) is 21.8. The standard InChI is InChI=1S/C24H25ClN4O2/c1-16-5-7-17(8-6-16)19-13-26-24(27-14-19)29-11-3-4-18(15-29)23(30)28-20-9-10-22(31-2)21(25)12-20/h5-10,12-14,18H,3-4,11,15H2,1-2H3,(H,28,30). The summed E-state index contributed by atoms with van der Waals surface area (Å²) in [6.45, 7) is 3.48. The van der Waals surface area contributed by atoms with E-state index >= 15 is 0 Å². The Labute approximate surface area is 187 Å². The van der Waals surface area contributed by atoms with Crippen molar-refractivity contribution in [3.8, 4) is 16.9 Å². The molecule has 0 bridgehead atoms. The predicted molar refractivity (Wildman–Crippen MR) is 124 cm³/mol. The maximum absolute atomic E-state index is 12.8. The lowest BCUT2D eigenvalue weighted by Gasteiger charge is -2.32. The molecule has 1 aliphatic rings. The average Bonchev–Trinajstić information content (AvgIpc) is 2.80. The monoisotopic (exact) mass is 436 g/mol. The van der Waals surface area contributed by atoms with E-state index in [0.717, 1.165) is 30.5 Å². The smallest absolute Gasteiger partial charge is 0.229 e. The minimum atomic E-state index is -0.144. The van der Waals surface area contributed by atoms with Gasteiger partial charge in [-0.05, 0) is 43.5 Å². The largest absolute Gasteiger partial charge is 0.495 e. The zero-order valence-electron chi connectivity index (χ0n) is 17.6. The fraction of sp³-hybridized carbons (Fsp3) is 0.292. The van der Waals surface area contributed by atoms with Crippen molar-refractivity contribution in [3.63, 3.8) is 0 Å². The Morgan fingerprint density at radius 3 is 2.55 bits per heavy atom. The van der Waals surface area contributed by atoms with Gasteiger partial charge in [0, 0.05) is 36.7 Å². The lowest BCUT2D eigenvalue weighted by atomic mass is 9.97. The van der Waals surface area contributed by atoms with Crippen LogP contribution >= 0.6 is 11.6 Å². The predicted octanol–water partition coefficient (Wildman–Crippen LogP) is 4.97. The Hall–Kier alpha value is -3.12. The first-order valence-electron chi connectivity index (χ1n) is 10.3. The number of aryl methyl sites for hydroxylation is 1. The maximum atomic E-state index is 12.8. The molecule has 2 heterocycles. The number of halogens is 1. The number of carbonyl (C=O) groups excluding carboxylic acids is 1. The van der Waals surface area contributed by atoms with Crippen LogP contribution in [0.15, 0.2) is 54.9 Å². The van der Waals surface area contributed by atoms with Crippen molar-refractivity contribution >= 4 is 29.1 Å². The van der Waals surface area contributed by atoms with Crippen LogP contribution in [-0.2, 0) is 4.79 Å². The van der Waals surface area contributed by atoms with Crippen molar-refractivity contribution in [2.24, 2.45) is 5.92 Å². The molecular weight excluding hydrogens is 412 g/mol. The molecule has 1 fully saturated rings. The van der Waals surface area contributed by atoms with E-state index in [1.54, 1.807) is 25.3 Å². The SMILES string of the molecule is COc1ccc(NC(=O)C2CCCN(c3ncc(-c4ccc(C)cc4)cn3)C2)cc1Cl. The number of benzene rings is 2. The molecule has 4 rings (SSSR count). The van der Waals surface area contributed by atoms with Gasteiger partial charge in [0.15, 0.2) is 0 Å². The van der Waals surface area contributed by atoms with Gasteiger partial charge in [0.2, 0.25) is 11.9 Å². The molecule has 160 valence electrons.